The first-order valence-electron chi connectivity index (χ1n) is 6.20. The molecule has 4 N–H and O–H groups in total. The molecule has 0 aliphatic carbocycles. The van der Waals surface area contributed by atoms with Gasteiger partial charge in [-0.2, -0.15) is 0 Å². The highest BCUT2D eigenvalue weighted by molar-refractivity contribution is 5.80. The summed E-state index contributed by atoms with van der Waals surface area (Å²) in [7, 11) is 0. The first kappa shape index (κ1) is 15.3. The SMILES string of the molecule is Cc1ccc(C(O)NC(CCC=O)C(N)=O)c(C)c1. The van der Waals surface area contributed by atoms with Crippen LogP contribution in [0, 0.1) is 13.8 Å². The maximum absolute atomic E-state index is 11.2. The van der Waals surface area contributed by atoms with E-state index >= 15 is 0 Å². The summed E-state index contributed by atoms with van der Waals surface area (Å²) >= 11 is 0. The van der Waals surface area contributed by atoms with Crippen molar-refractivity contribution >= 4 is 12.2 Å². The molecule has 0 saturated carbocycles. The number of benzene rings is 1. The predicted molar refractivity (Wildman–Crippen MR) is 72.3 cm³/mol. The van der Waals surface area contributed by atoms with Crippen LogP contribution in [0.3, 0.4) is 0 Å². The van der Waals surface area contributed by atoms with Gasteiger partial charge in [0.25, 0.3) is 0 Å². The Kier molecular flexibility index (Phi) is 5.66. The smallest absolute Gasteiger partial charge is 0.234 e. The summed E-state index contributed by atoms with van der Waals surface area (Å²) < 4.78 is 0. The predicted octanol–water partition coefficient (Wildman–Crippen LogP) is 0.717. The Morgan fingerprint density at radius 1 is 1.47 bits per heavy atom. The van der Waals surface area contributed by atoms with Gasteiger partial charge in [0.15, 0.2) is 0 Å². The van der Waals surface area contributed by atoms with Crippen LogP contribution >= 0.6 is 0 Å². The fraction of sp³-hybridized carbons (Fsp3) is 0.429. The van der Waals surface area contributed by atoms with Gasteiger partial charge in [0.05, 0.1) is 6.04 Å². The average Bonchev–Trinajstić information content (AvgIpc) is 2.33. The third kappa shape index (κ3) is 4.46. The van der Waals surface area contributed by atoms with Gasteiger partial charge in [-0.25, -0.2) is 0 Å². The Hall–Kier alpha value is -1.72. The average molecular weight is 264 g/mol. The minimum atomic E-state index is -0.982. The number of hydrogen-bond acceptors (Lipinski definition) is 4. The number of carbonyl (C=O) groups excluding carboxylic acids is 2. The van der Waals surface area contributed by atoms with Gasteiger partial charge in [-0.15, -0.1) is 0 Å². The third-order valence-electron chi connectivity index (χ3n) is 3.00. The second-order valence-electron chi connectivity index (χ2n) is 4.63. The van der Waals surface area contributed by atoms with Crippen LogP contribution in [0.15, 0.2) is 18.2 Å². The summed E-state index contributed by atoms with van der Waals surface area (Å²) in [6.45, 7) is 3.85. The van der Waals surface area contributed by atoms with E-state index < -0.39 is 18.2 Å². The highest BCUT2D eigenvalue weighted by Crippen LogP contribution is 2.18. The van der Waals surface area contributed by atoms with Crippen LogP contribution in [0.4, 0.5) is 0 Å². The van der Waals surface area contributed by atoms with E-state index in [-0.39, 0.29) is 12.8 Å². The number of amides is 1. The standard InChI is InChI=1S/C14H20N2O3/c1-9-5-6-11(10(2)8-9)14(19)16-12(13(15)18)4-3-7-17/h5-8,12,14,16,19H,3-4H2,1-2H3,(H2,15,18). The minimum Gasteiger partial charge on any atom is -0.374 e. The molecule has 0 aromatic heterocycles. The van der Waals surface area contributed by atoms with Crippen molar-refractivity contribution in [1.82, 2.24) is 5.32 Å². The molecule has 0 aliphatic rings. The molecule has 0 saturated heterocycles. The van der Waals surface area contributed by atoms with Crippen molar-refractivity contribution in [1.29, 1.82) is 0 Å². The fourth-order valence-electron chi connectivity index (χ4n) is 1.96. The number of carbonyl (C=O) groups is 2. The second kappa shape index (κ2) is 7.01. The quantitative estimate of drug-likeness (QED) is 0.499. The van der Waals surface area contributed by atoms with Crippen LogP contribution in [0.25, 0.3) is 0 Å². The Morgan fingerprint density at radius 2 is 2.16 bits per heavy atom. The summed E-state index contributed by atoms with van der Waals surface area (Å²) in [5.74, 6) is -0.578. The zero-order valence-electron chi connectivity index (χ0n) is 11.2. The molecule has 0 radical (unpaired) electrons. The maximum atomic E-state index is 11.2. The molecule has 1 rings (SSSR count). The maximum Gasteiger partial charge on any atom is 0.234 e. The number of aliphatic hydroxyl groups excluding tert-OH is 1. The van der Waals surface area contributed by atoms with Crippen molar-refractivity contribution in [2.75, 3.05) is 0 Å². The summed E-state index contributed by atoms with van der Waals surface area (Å²) in [5.41, 5.74) is 7.96. The second-order valence-corrected chi connectivity index (χ2v) is 4.63. The molecule has 5 nitrogen and oxygen atoms in total. The van der Waals surface area contributed by atoms with Gasteiger partial charge >= 0.3 is 0 Å². The van der Waals surface area contributed by atoms with Crippen LogP contribution in [-0.2, 0) is 9.59 Å². The van der Waals surface area contributed by atoms with Crippen LogP contribution in [0.2, 0.25) is 0 Å². The number of rotatable bonds is 7. The molecule has 104 valence electrons. The lowest BCUT2D eigenvalue weighted by Crippen LogP contribution is -2.43. The van der Waals surface area contributed by atoms with E-state index in [4.69, 9.17) is 5.73 Å². The molecule has 19 heavy (non-hydrogen) atoms. The van der Waals surface area contributed by atoms with Gasteiger partial charge in [0.1, 0.15) is 12.5 Å². The topological polar surface area (TPSA) is 92.4 Å². The Morgan fingerprint density at radius 3 is 2.68 bits per heavy atom. The van der Waals surface area contributed by atoms with E-state index in [9.17, 15) is 14.7 Å². The van der Waals surface area contributed by atoms with Gasteiger partial charge in [0, 0.05) is 6.42 Å². The van der Waals surface area contributed by atoms with E-state index in [2.05, 4.69) is 5.32 Å². The number of aliphatic hydroxyl groups is 1. The van der Waals surface area contributed by atoms with Gasteiger partial charge in [-0.3, -0.25) is 10.1 Å². The summed E-state index contributed by atoms with van der Waals surface area (Å²) in [4.78, 5) is 21.6. The zero-order chi connectivity index (χ0) is 14.4. The van der Waals surface area contributed by atoms with Gasteiger partial charge < -0.3 is 15.6 Å². The number of primary amides is 1. The summed E-state index contributed by atoms with van der Waals surface area (Å²) in [6, 6.07) is 4.92. The Balaban J connectivity index is 2.78. The molecule has 5 heteroatoms. The largest absolute Gasteiger partial charge is 0.374 e. The number of nitrogens with two attached hydrogens (primary N) is 1. The van der Waals surface area contributed by atoms with Crippen molar-refractivity contribution in [3.63, 3.8) is 0 Å². The van der Waals surface area contributed by atoms with E-state index in [0.29, 0.717) is 5.56 Å². The highest BCUT2D eigenvalue weighted by atomic mass is 16.3. The van der Waals surface area contributed by atoms with Crippen LogP contribution in [0.1, 0.15) is 35.8 Å². The lowest BCUT2D eigenvalue weighted by Gasteiger charge is -2.21. The molecule has 0 bridgehead atoms. The van der Waals surface area contributed by atoms with E-state index in [1.165, 1.54) is 0 Å². The molecule has 0 fully saturated rings. The van der Waals surface area contributed by atoms with Crippen LogP contribution in [0.5, 0.6) is 0 Å². The van der Waals surface area contributed by atoms with E-state index in [1.807, 2.05) is 26.0 Å². The van der Waals surface area contributed by atoms with E-state index in [0.717, 1.165) is 17.4 Å². The number of nitrogens with one attached hydrogen (secondary N) is 1. The lowest BCUT2D eigenvalue weighted by molar-refractivity contribution is -0.121. The molecule has 1 aromatic carbocycles. The molecule has 0 heterocycles. The van der Waals surface area contributed by atoms with E-state index in [1.54, 1.807) is 6.07 Å². The number of aryl methyl sites for hydroxylation is 2. The Bertz CT molecular complexity index is 460. The monoisotopic (exact) mass is 264 g/mol. The molecular weight excluding hydrogens is 244 g/mol. The minimum absolute atomic E-state index is 0.222. The molecular formula is C14H20N2O3. The molecule has 2 unspecified atom stereocenters. The molecule has 1 aromatic rings. The first-order valence-corrected chi connectivity index (χ1v) is 6.20. The molecule has 0 spiro atoms. The molecule has 2 atom stereocenters. The first-order chi connectivity index (χ1) is 8.95. The highest BCUT2D eigenvalue weighted by Gasteiger charge is 2.20. The summed E-state index contributed by atoms with van der Waals surface area (Å²) in [5, 5.41) is 12.9. The lowest BCUT2D eigenvalue weighted by atomic mass is 10.0. The molecule has 1 amide bonds. The van der Waals surface area contributed by atoms with Crippen molar-refractivity contribution in [3.8, 4) is 0 Å². The summed E-state index contributed by atoms with van der Waals surface area (Å²) in [6.07, 6.45) is 0.243. The Labute approximate surface area is 112 Å². The van der Waals surface area contributed by atoms with Crippen molar-refractivity contribution in [3.05, 3.63) is 34.9 Å². The van der Waals surface area contributed by atoms with Crippen molar-refractivity contribution in [2.45, 2.75) is 39.0 Å². The molecule has 0 aliphatic heterocycles. The van der Waals surface area contributed by atoms with Gasteiger partial charge in [-0.1, -0.05) is 23.8 Å². The van der Waals surface area contributed by atoms with Gasteiger partial charge in [0.2, 0.25) is 5.91 Å². The number of aldehydes is 1. The normalized spacial score (nSPS) is 13.8. The van der Waals surface area contributed by atoms with Crippen molar-refractivity contribution in [2.24, 2.45) is 5.73 Å². The van der Waals surface area contributed by atoms with Crippen LogP contribution in [-0.4, -0.2) is 23.3 Å². The number of hydrogen-bond donors (Lipinski definition) is 3. The van der Waals surface area contributed by atoms with Crippen LogP contribution < -0.4 is 11.1 Å². The zero-order valence-corrected chi connectivity index (χ0v) is 11.2. The fourth-order valence-corrected chi connectivity index (χ4v) is 1.96. The van der Waals surface area contributed by atoms with Crippen molar-refractivity contribution < 1.29 is 14.7 Å². The van der Waals surface area contributed by atoms with Gasteiger partial charge in [-0.05, 0) is 31.4 Å². The third-order valence-corrected chi connectivity index (χ3v) is 3.00.